The maximum Gasteiger partial charge on any atom is 0.335 e. The van der Waals surface area contributed by atoms with Crippen molar-refractivity contribution < 1.29 is 24.2 Å². The second kappa shape index (κ2) is 6.47. The molecule has 1 aliphatic rings. The van der Waals surface area contributed by atoms with E-state index >= 15 is 0 Å². The van der Waals surface area contributed by atoms with E-state index in [4.69, 9.17) is 14.6 Å². The summed E-state index contributed by atoms with van der Waals surface area (Å²) in [7, 11) is 1.42. The van der Waals surface area contributed by atoms with Crippen LogP contribution < -0.4 is 14.8 Å². The highest BCUT2D eigenvalue weighted by Crippen LogP contribution is 2.32. The first kappa shape index (κ1) is 16.8. The molecule has 2 aromatic rings. The molecule has 3 rings (SSSR count). The van der Waals surface area contributed by atoms with Crippen molar-refractivity contribution in [2.24, 2.45) is 0 Å². The van der Waals surface area contributed by atoms with Crippen LogP contribution in [0.3, 0.4) is 0 Å². The zero-order valence-corrected chi connectivity index (χ0v) is 14.3. The molecule has 2 N–H and O–H groups in total. The monoisotopic (exact) mass is 341 g/mol. The van der Waals surface area contributed by atoms with Crippen LogP contribution in [0.15, 0.2) is 30.3 Å². The van der Waals surface area contributed by atoms with Crippen molar-refractivity contribution >= 4 is 17.6 Å². The largest absolute Gasteiger partial charge is 0.495 e. The van der Waals surface area contributed by atoms with Gasteiger partial charge in [-0.1, -0.05) is 6.07 Å². The molecule has 6 heteroatoms. The number of carbonyl (C=O) groups is 2. The summed E-state index contributed by atoms with van der Waals surface area (Å²) in [5.41, 5.74) is 3.78. The lowest BCUT2D eigenvalue weighted by molar-refractivity contribution is -0.122. The van der Waals surface area contributed by atoms with Crippen molar-refractivity contribution in [1.29, 1.82) is 0 Å². The molecule has 0 aliphatic carbocycles. The SMILES string of the molecule is COc1cc(C(=O)O)ccc1NC(=O)C1Cc2cc(C)c(C)cc2O1. The summed E-state index contributed by atoms with van der Waals surface area (Å²) in [4.78, 5) is 23.6. The first-order valence-electron chi connectivity index (χ1n) is 7.88. The number of anilines is 1. The molecular formula is C19H19NO5. The number of rotatable bonds is 4. The molecule has 1 heterocycles. The number of carboxylic acids is 1. The fourth-order valence-electron chi connectivity index (χ4n) is 2.80. The average molecular weight is 341 g/mol. The number of carbonyl (C=O) groups excluding carboxylic acids is 1. The molecule has 0 fully saturated rings. The highest BCUT2D eigenvalue weighted by Gasteiger charge is 2.30. The van der Waals surface area contributed by atoms with Crippen molar-refractivity contribution in [3.05, 3.63) is 52.6 Å². The highest BCUT2D eigenvalue weighted by molar-refractivity contribution is 5.97. The van der Waals surface area contributed by atoms with Crippen LogP contribution in [0.25, 0.3) is 0 Å². The molecule has 6 nitrogen and oxygen atoms in total. The van der Waals surface area contributed by atoms with Crippen molar-refractivity contribution in [2.75, 3.05) is 12.4 Å². The molecule has 1 amide bonds. The van der Waals surface area contributed by atoms with Crippen LogP contribution in [0, 0.1) is 13.8 Å². The highest BCUT2D eigenvalue weighted by atomic mass is 16.5. The smallest absolute Gasteiger partial charge is 0.335 e. The fourth-order valence-corrected chi connectivity index (χ4v) is 2.80. The van der Waals surface area contributed by atoms with Crippen molar-refractivity contribution in [3.8, 4) is 11.5 Å². The van der Waals surface area contributed by atoms with Gasteiger partial charge in [0.05, 0.1) is 18.4 Å². The number of nitrogens with one attached hydrogen (secondary N) is 1. The molecule has 25 heavy (non-hydrogen) atoms. The average Bonchev–Trinajstić information content (AvgIpc) is 2.98. The fraction of sp³-hybridized carbons (Fsp3) is 0.263. The Bertz CT molecular complexity index is 828. The lowest BCUT2D eigenvalue weighted by atomic mass is 10.0. The zero-order chi connectivity index (χ0) is 18.1. The molecule has 130 valence electrons. The van der Waals surface area contributed by atoms with Gasteiger partial charge in [0.15, 0.2) is 6.10 Å². The summed E-state index contributed by atoms with van der Waals surface area (Å²) in [6.07, 6.45) is -0.127. The van der Waals surface area contributed by atoms with Gasteiger partial charge >= 0.3 is 5.97 Å². The molecule has 1 aliphatic heterocycles. The first-order chi connectivity index (χ1) is 11.9. The number of methoxy groups -OCH3 is 1. The molecule has 0 aromatic heterocycles. The molecule has 0 radical (unpaired) electrons. The third kappa shape index (κ3) is 3.28. The van der Waals surface area contributed by atoms with E-state index < -0.39 is 12.1 Å². The zero-order valence-electron chi connectivity index (χ0n) is 14.3. The van der Waals surface area contributed by atoms with Gasteiger partial charge in [-0.15, -0.1) is 0 Å². The van der Waals surface area contributed by atoms with E-state index in [2.05, 4.69) is 5.32 Å². The van der Waals surface area contributed by atoms with Crippen LogP contribution in [-0.2, 0) is 11.2 Å². The summed E-state index contributed by atoms with van der Waals surface area (Å²) in [6, 6.07) is 8.28. The van der Waals surface area contributed by atoms with Gasteiger partial charge in [-0.3, -0.25) is 4.79 Å². The summed E-state index contributed by atoms with van der Waals surface area (Å²) in [5.74, 6) is -0.337. The Labute approximate surface area is 145 Å². The van der Waals surface area contributed by atoms with Gasteiger partial charge in [0.2, 0.25) is 0 Å². The lowest BCUT2D eigenvalue weighted by Gasteiger charge is -2.14. The Morgan fingerprint density at radius 3 is 2.60 bits per heavy atom. The van der Waals surface area contributed by atoms with Crippen molar-refractivity contribution in [2.45, 2.75) is 26.4 Å². The minimum Gasteiger partial charge on any atom is -0.495 e. The second-order valence-electron chi connectivity index (χ2n) is 6.06. The lowest BCUT2D eigenvalue weighted by Crippen LogP contribution is -2.31. The number of aryl methyl sites for hydroxylation is 2. The maximum absolute atomic E-state index is 12.5. The number of ether oxygens (including phenoxy) is 2. The quantitative estimate of drug-likeness (QED) is 0.893. The number of fused-ring (bicyclic) bond motifs is 1. The standard InChI is InChI=1S/C19H19NO5/c1-10-6-13-9-17(25-15(13)7-11(10)2)18(21)20-14-5-4-12(19(22)23)8-16(14)24-3/h4-8,17H,9H2,1-3H3,(H,20,21)(H,22,23). The second-order valence-corrected chi connectivity index (χ2v) is 6.06. The summed E-state index contributed by atoms with van der Waals surface area (Å²) >= 11 is 0. The van der Waals surface area contributed by atoms with Gasteiger partial charge in [0, 0.05) is 6.42 Å². The molecule has 1 unspecified atom stereocenters. The molecule has 0 saturated carbocycles. The Morgan fingerprint density at radius 1 is 1.20 bits per heavy atom. The van der Waals surface area contributed by atoms with E-state index in [0.717, 1.165) is 22.4 Å². The summed E-state index contributed by atoms with van der Waals surface area (Å²) in [5, 5.41) is 11.8. The van der Waals surface area contributed by atoms with E-state index in [1.54, 1.807) is 0 Å². The minimum atomic E-state index is -1.06. The van der Waals surface area contributed by atoms with Crippen molar-refractivity contribution in [3.63, 3.8) is 0 Å². The normalized spacial score (nSPS) is 15.2. The number of hydrogen-bond acceptors (Lipinski definition) is 4. The van der Waals surface area contributed by atoms with E-state index in [0.29, 0.717) is 12.1 Å². The van der Waals surface area contributed by atoms with E-state index in [1.165, 1.54) is 25.3 Å². The van der Waals surface area contributed by atoms with Gasteiger partial charge in [-0.2, -0.15) is 0 Å². The van der Waals surface area contributed by atoms with Crippen LogP contribution in [0.2, 0.25) is 0 Å². The van der Waals surface area contributed by atoms with Crippen LogP contribution in [0.4, 0.5) is 5.69 Å². The van der Waals surface area contributed by atoms with E-state index in [9.17, 15) is 9.59 Å². The third-order valence-corrected chi connectivity index (χ3v) is 4.35. The Balaban J connectivity index is 1.76. The Kier molecular flexibility index (Phi) is 4.35. The van der Waals surface area contributed by atoms with Gasteiger partial charge in [-0.05, 0) is 54.8 Å². The molecule has 2 aromatic carbocycles. The van der Waals surface area contributed by atoms with Gasteiger partial charge < -0.3 is 19.9 Å². The number of hydrogen-bond donors (Lipinski definition) is 2. The number of amides is 1. The van der Waals surface area contributed by atoms with Gasteiger partial charge in [0.1, 0.15) is 11.5 Å². The predicted octanol–water partition coefficient (Wildman–Crippen LogP) is 2.95. The molecule has 0 saturated heterocycles. The number of benzene rings is 2. The Morgan fingerprint density at radius 2 is 1.92 bits per heavy atom. The number of carboxylic acid groups (broad SMARTS) is 1. The molecule has 1 atom stereocenters. The minimum absolute atomic E-state index is 0.0883. The van der Waals surface area contributed by atoms with E-state index in [-0.39, 0.29) is 17.2 Å². The topological polar surface area (TPSA) is 84.9 Å². The first-order valence-corrected chi connectivity index (χ1v) is 7.88. The summed E-state index contributed by atoms with van der Waals surface area (Å²) in [6.45, 7) is 4.03. The van der Waals surface area contributed by atoms with Crippen LogP contribution in [-0.4, -0.2) is 30.2 Å². The third-order valence-electron chi connectivity index (χ3n) is 4.35. The van der Waals surface area contributed by atoms with Crippen LogP contribution in [0.5, 0.6) is 11.5 Å². The van der Waals surface area contributed by atoms with Gasteiger partial charge in [-0.25, -0.2) is 4.79 Å². The number of aromatic carboxylic acids is 1. The van der Waals surface area contributed by atoms with Crippen LogP contribution in [0.1, 0.15) is 27.0 Å². The van der Waals surface area contributed by atoms with Crippen molar-refractivity contribution in [1.82, 2.24) is 0 Å². The Hall–Kier alpha value is -3.02. The van der Waals surface area contributed by atoms with E-state index in [1.807, 2.05) is 26.0 Å². The molecule has 0 bridgehead atoms. The van der Waals surface area contributed by atoms with Crippen LogP contribution >= 0.6 is 0 Å². The molecule has 0 spiro atoms. The van der Waals surface area contributed by atoms with Gasteiger partial charge in [0.25, 0.3) is 5.91 Å². The predicted molar refractivity (Wildman–Crippen MR) is 92.6 cm³/mol. The molecular weight excluding hydrogens is 322 g/mol. The summed E-state index contributed by atoms with van der Waals surface area (Å²) < 4.78 is 10.9. The maximum atomic E-state index is 12.5.